The van der Waals surface area contributed by atoms with Crippen LogP contribution in [0, 0.1) is 0 Å². The third kappa shape index (κ3) is 3.96. The number of carbonyl (C=O) groups is 2. The van der Waals surface area contributed by atoms with Crippen molar-refractivity contribution < 1.29 is 41.0 Å². The minimum atomic E-state index is -5.16. The third-order valence-electron chi connectivity index (χ3n) is 3.57. The maximum absolute atomic E-state index is 13.0. The Morgan fingerprint density at radius 3 is 1.67 bits per heavy atom. The minimum Gasteiger partial charge on any atom is -0.507 e. The molecule has 0 bridgehead atoms. The molecule has 5 N–H and O–H groups in total. The number of halogens is 6. The lowest BCUT2D eigenvalue weighted by Crippen LogP contribution is -2.19. The van der Waals surface area contributed by atoms with Crippen LogP contribution < -0.4 is 11.5 Å². The summed E-state index contributed by atoms with van der Waals surface area (Å²) in [6.07, 6.45) is -10.3. The van der Waals surface area contributed by atoms with Gasteiger partial charge in [-0.05, 0) is 35.9 Å². The van der Waals surface area contributed by atoms with Gasteiger partial charge in [-0.2, -0.15) is 26.3 Å². The average Bonchev–Trinajstić information content (AvgIpc) is 2.51. The molecular formula is C16H10F6N2O3. The van der Waals surface area contributed by atoms with Gasteiger partial charge in [-0.1, -0.05) is 0 Å². The van der Waals surface area contributed by atoms with Crippen LogP contribution in [-0.2, 0) is 12.4 Å². The Bertz CT molecular complexity index is 903. The van der Waals surface area contributed by atoms with Crippen LogP contribution in [0.1, 0.15) is 31.8 Å². The van der Waals surface area contributed by atoms with Gasteiger partial charge >= 0.3 is 12.4 Å². The highest BCUT2D eigenvalue weighted by molar-refractivity contribution is 6.10. The Kier molecular flexibility index (Phi) is 4.82. The predicted molar refractivity (Wildman–Crippen MR) is 80.6 cm³/mol. The van der Waals surface area contributed by atoms with Gasteiger partial charge < -0.3 is 16.6 Å². The SMILES string of the molecule is NC(=O)c1ccc(O)c(C(N)=O)c1-c1cc(C(F)(F)F)cc(C(F)(F)F)c1. The minimum absolute atomic E-state index is 0.125. The number of amides is 2. The standard InChI is InChI=1S/C16H10F6N2O3/c17-15(18,19)7-3-6(4-8(5-7)16(20,21)22)11-9(13(23)26)1-2-10(25)12(11)14(24)27/h1-5,25H,(H2,23,26)(H2,24,27). The van der Waals surface area contributed by atoms with Crippen LogP contribution in [0.2, 0.25) is 0 Å². The van der Waals surface area contributed by atoms with Gasteiger partial charge in [0.2, 0.25) is 5.91 Å². The number of benzene rings is 2. The number of hydrogen-bond acceptors (Lipinski definition) is 3. The fraction of sp³-hybridized carbons (Fsp3) is 0.125. The number of phenols is 1. The van der Waals surface area contributed by atoms with Gasteiger partial charge in [-0.3, -0.25) is 9.59 Å². The molecule has 27 heavy (non-hydrogen) atoms. The summed E-state index contributed by atoms with van der Waals surface area (Å²) in [7, 11) is 0. The van der Waals surface area contributed by atoms with Crippen LogP contribution in [0.25, 0.3) is 11.1 Å². The van der Waals surface area contributed by atoms with E-state index in [0.29, 0.717) is 12.1 Å². The Balaban J connectivity index is 2.99. The fourth-order valence-corrected chi connectivity index (χ4v) is 2.45. The summed E-state index contributed by atoms with van der Waals surface area (Å²) in [5.74, 6) is -3.47. The van der Waals surface area contributed by atoms with E-state index in [4.69, 9.17) is 11.5 Å². The highest BCUT2D eigenvalue weighted by Gasteiger charge is 2.37. The van der Waals surface area contributed by atoms with Gasteiger partial charge in [0.25, 0.3) is 5.91 Å². The van der Waals surface area contributed by atoms with Gasteiger partial charge in [0.05, 0.1) is 16.7 Å². The van der Waals surface area contributed by atoms with Crippen LogP contribution in [0.3, 0.4) is 0 Å². The molecule has 0 aliphatic heterocycles. The van der Waals surface area contributed by atoms with E-state index in [2.05, 4.69) is 0 Å². The van der Waals surface area contributed by atoms with Crippen molar-refractivity contribution in [2.45, 2.75) is 12.4 Å². The van der Waals surface area contributed by atoms with E-state index in [1.165, 1.54) is 0 Å². The number of hydrogen-bond donors (Lipinski definition) is 3. The number of primary amides is 2. The quantitative estimate of drug-likeness (QED) is 0.698. The van der Waals surface area contributed by atoms with Crippen LogP contribution >= 0.6 is 0 Å². The molecule has 2 amide bonds. The Morgan fingerprint density at radius 2 is 1.30 bits per heavy atom. The van der Waals surface area contributed by atoms with Crippen LogP contribution in [0.15, 0.2) is 30.3 Å². The van der Waals surface area contributed by atoms with Crippen molar-refractivity contribution in [2.75, 3.05) is 0 Å². The first-order valence-corrected chi connectivity index (χ1v) is 6.99. The number of alkyl halides is 6. The second-order valence-electron chi connectivity index (χ2n) is 5.41. The van der Waals surface area contributed by atoms with E-state index < -0.39 is 63.3 Å². The van der Waals surface area contributed by atoms with Crippen molar-refractivity contribution in [1.29, 1.82) is 0 Å². The van der Waals surface area contributed by atoms with Crippen molar-refractivity contribution in [2.24, 2.45) is 11.5 Å². The number of rotatable bonds is 3. The summed E-state index contributed by atoms with van der Waals surface area (Å²) in [4.78, 5) is 23.2. The molecule has 2 aromatic carbocycles. The van der Waals surface area contributed by atoms with Gasteiger partial charge in [0.1, 0.15) is 5.75 Å². The Labute approximate surface area is 147 Å². The second-order valence-corrected chi connectivity index (χ2v) is 5.41. The maximum Gasteiger partial charge on any atom is 0.416 e. The van der Waals surface area contributed by atoms with Gasteiger partial charge in [-0.15, -0.1) is 0 Å². The predicted octanol–water partition coefficient (Wildman–Crippen LogP) is 3.29. The molecule has 2 aromatic rings. The molecule has 0 unspecified atom stereocenters. The smallest absolute Gasteiger partial charge is 0.416 e. The average molecular weight is 392 g/mol. The molecule has 0 radical (unpaired) electrons. The largest absolute Gasteiger partial charge is 0.507 e. The van der Waals surface area contributed by atoms with Gasteiger partial charge in [0, 0.05) is 11.1 Å². The molecular weight excluding hydrogens is 382 g/mol. The number of aromatic hydroxyl groups is 1. The molecule has 0 saturated carbocycles. The van der Waals surface area contributed by atoms with E-state index in [9.17, 15) is 41.0 Å². The summed E-state index contributed by atoms with van der Waals surface area (Å²) in [5, 5.41) is 9.79. The maximum atomic E-state index is 13.0. The molecule has 0 aliphatic rings. The van der Waals surface area contributed by atoms with Crippen molar-refractivity contribution in [3.8, 4) is 16.9 Å². The van der Waals surface area contributed by atoms with Crippen molar-refractivity contribution in [3.63, 3.8) is 0 Å². The Hall–Kier alpha value is -3.24. The highest BCUT2D eigenvalue weighted by atomic mass is 19.4. The molecule has 11 heteroatoms. The normalized spacial score (nSPS) is 12.1. The van der Waals surface area contributed by atoms with Crippen molar-refractivity contribution >= 4 is 11.8 Å². The lowest BCUT2D eigenvalue weighted by molar-refractivity contribution is -0.143. The lowest BCUT2D eigenvalue weighted by Gasteiger charge is -2.17. The van der Waals surface area contributed by atoms with E-state index in [1.807, 2.05) is 0 Å². The number of nitrogens with two attached hydrogens (primary N) is 2. The first-order chi connectivity index (χ1) is 12.2. The second kappa shape index (κ2) is 6.49. The summed E-state index contributed by atoms with van der Waals surface area (Å²) in [6.45, 7) is 0. The highest BCUT2D eigenvalue weighted by Crippen LogP contribution is 2.41. The molecule has 0 heterocycles. The summed E-state index contributed by atoms with van der Waals surface area (Å²) >= 11 is 0. The summed E-state index contributed by atoms with van der Waals surface area (Å²) in [6, 6.07) is 2.14. The van der Waals surface area contributed by atoms with Gasteiger partial charge in [-0.25, -0.2) is 0 Å². The molecule has 0 spiro atoms. The first-order valence-electron chi connectivity index (χ1n) is 6.99. The topological polar surface area (TPSA) is 106 Å². The third-order valence-corrected chi connectivity index (χ3v) is 3.57. The fourth-order valence-electron chi connectivity index (χ4n) is 2.45. The lowest BCUT2D eigenvalue weighted by atomic mass is 9.90. The monoisotopic (exact) mass is 392 g/mol. The molecule has 0 aromatic heterocycles. The molecule has 144 valence electrons. The molecule has 0 aliphatic carbocycles. The zero-order chi connectivity index (χ0) is 20.7. The number of carbonyl (C=O) groups excluding carboxylic acids is 2. The van der Waals surface area contributed by atoms with Crippen LogP contribution in [0.4, 0.5) is 26.3 Å². The van der Waals surface area contributed by atoms with Crippen molar-refractivity contribution in [3.05, 3.63) is 52.6 Å². The van der Waals surface area contributed by atoms with Gasteiger partial charge in [0.15, 0.2) is 0 Å². The first kappa shape index (κ1) is 20.1. The Morgan fingerprint density at radius 1 is 0.815 bits per heavy atom. The molecule has 2 rings (SSSR count). The van der Waals surface area contributed by atoms with Crippen LogP contribution in [0.5, 0.6) is 5.75 Å². The van der Waals surface area contributed by atoms with E-state index in [-0.39, 0.29) is 6.07 Å². The molecule has 0 saturated heterocycles. The van der Waals surface area contributed by atoms with E-state index in [0.717, 1.165) is 12.1 Å². The van der Waals surface area contributed by atoms with E-state index in [1.54, 1.807) is 0 Å². The van der Waals surface area contributed by atoms with Crippen LogP contribution in [-0.4, -0.2) is 16.9 Å². The zero-order valence-corrected chi connectivity index (χ0v) is 13.1. The molecule has 0 fully saturated rings. The van der Waals surface area contributed by atoms with E-state index >= 15 is 0 Å². The zero-order valence-electron chi connectivity index (χ0n) is 13.1. The molecule has 0 atom stereocenters. The molecule has 5 nitrogen and oxygen atoms in total. The van der Waals surface area contributed by atoms with Crippen molar-refractivity contribution in [1.82, 2.24) is 0 Å². The summed E-state index contributed by atoms with van der Waals surface area (Å²) < 4.78 is 78.3. The summed E-state index contributed by atoms with van der Waals surface area (Å²) in [5.41, 5.74) is 3.85.